The Morgan fingerprint density at radius 3 is 2.82 bits per heavy atom. The maximum atomic E-state index is 13.0. The number of fused-ring (bicyclic) bond motifs is 1. The number of aromatic amines is 1. The lowest BCUT2D eigenvalue weighted by molar-refractivity contribution is -0.111. The Labute approximate surface area is 190 Å². The average molecular weight is 444 g/mol. The smallest absolute Gasteiger partial charge is 0.252 e. The van der Waals surface area contributed by atoms with E-state index in [1.165, 1.54) is 17.0 Å². The van der Waals surface area contributed by atoms with Gasteiger partial charge in [-0.05, 0) is 29.8 Å². The van der Waals surface area contributed by atoms with Gasteiger partial charge in [-0.15, -0.1) is 0 Å². The van der Waals surface area contributed by atoms with E-state index < -0.39 is 0 Å². The lowest BCUT2D eigenvalue weighted by atomic mass is 10.1. The van der Waals surface area contributed by atoms with Gasteiger partial charge in [0.25, 0.3) is 5.56 Å². The second-order valence-corrected chi connectivity index (χ2v) is 7.84. The topological polar surface area (TPSA) is 118 Å². The number of rotatable bonds is 8. The molecule has 0 saturated carbocycles. The molecule has 0 aromatic carbocycles. The molecule has 0 saturated heterocycles. The number of nitrogens with zero attached hydrogens (tertiary/aromatic N) is 4. The van der Waals surface area contributed by atoms with E-state index >= 15 is 0 Å². The van der Waals surface area contributed by atoms with Crippen LogP contribution < -0.4 is 16.2 Å². The van der Waals surface area contributed by atoms with Crippen LogP contribution in [0.2, 0.25) is 0 Å². The molecule has 3 N–H and O–H groups in total. The Morgan fingerprint density at radius 2 is 2.09 bits per heavy atom. The van der Waals surface area contributed by atoms with Crippen LogP contribution in [0.5, 0.6) is 0 Å². The number of hydrogen-bond donors (Lipinski definition) is 3. The van der Waals surface area contributed by atoms with E-state index in [4.69, 9.17) is 0 Å². The zero-order chi connectivity index (χ0) is 23.4. The van der Waals surface area contributed by atoms with E-state index in [1.807, 2.05) is 32.2 Å². The molecule has 0 aliphatic carbocycles. The van der Waals surface area contributed by atoms with E-state index in [0.717, 1.165) is 22.2 Å². The van der Waals surface area contributed by atoms with Crippen LogP contribution in [0.4, 0.5) is 5.82 Å². The molecule has 0 bridgehead atoms. The van der Waals surface area contributed by atoms with Crippen molar-refractivity contribution in [3.8, 4) is 22.4 Å². The average Bonchev–Trinajstić information content (AvgIpc) is 3.24. The van der Waals surface area contributed by atoms with Crippen molar-refractivity contribution in [3.63, 3.8) is 0 Å². The molecule has 0 atom stereocenters. The monoisotopic (exact) mass is 443 g/mol. The molecule has 4 aromatic heterocycles. The highest BCUT2D eigenvalue weighted by molar-refractivity contribution is 5.99. The minimum atomic E-state index is -0.387. The van der Waals surface area contributed by atoms with Crippen molar-refractivity contribution in [3.05, 3.63) is 72.2 Å². The van der Waals surface area contributed by atoms with Crippen LogP contribution in [0.15, 0.2) is 66.6 Å². The number of aromatic nitrogens is 5. The van der Waals surface area contributed by atoms with Gasteiger partial charge < -0.3 is 15.6 Å². The van der Waals surface area contributed by atoms with Crippen molar-refractivity contribution in [2.75, 3.05) is 11.9 Å². The zero-order valence-electron chi connectivity index (χ0n) is 18.5. The molecular formula is C24H25N7O2. The maximum Gasteiger partial charge on any atom is 0.252 e. The second-order valence-electron chi connectivity index (χ2n) is 7.84. The van der Waals surface area contributed by atoms with Crippen molar-refractivity contribution in [2.24, 2.45) is 0 Å². The van der Waals surface area contributed by atoms with E-state index in [0.29, 0.717) is 30.1 Å². The van der Waals surface area contributed by atoms with Gasteiger partial charge in [-0.2, -0.15) is 0 Å². The van der Waals surface area contributed by atoms with Crippen molar-refractivity contribution >= 4 is 22.8 Å². The Bertz CT molecular complexity index is 1360. The quantitative estimate of drug-likeness (QED) is 0.361. The number of nitrogens with one attached hydrogen (secondary N) is 3. The normalized spacial score (nSPS) is 11.1. The van der Waals surface area contributed by atoms with Crippen molar-refractivity contribution in [1.29, 1.82) is 0 Å². The third-order valence-electron chi connectivity index (χ3n) is 5.18. The predicted molar refractivity (Wildman–Crippen MR) is 129 cm³/mol. The van der Waals surface area contributed by atoms with Crippen LogP contribution >= 0.6 is 0 Å². The number of carbonyl (C=O) groups excluding carboxylic acids is 1. The first-order valence-corrected chi connectivity index (χ1v) is 10.6. The van der Waals surface area contributed by atoms with Crippen LogP contribution in [-0.4, -0.2) is 43.0 Å². The van der Waals surface area contributed by atoms with Crippen LogP contribution in [0.3, 0.4) is 0 Å². The van der Waals surface area contributed by atoms with Crippen molar-refractivity contribution in [2.45, 2.75) is 26.4 Å². The molecule has 9 nitrogen and oxygen atoms in total. The van der Waals surface area contributed by atoms with Gasteiger partial charge in [-0.1, -0.05) is 20.4 Å². The first kappa shape index (κ1) is 22.1. The lowest BCUT2D eigenvalue weighted by Crippen LogP contribution is -2.32. The fraction of sp³-hybridized carbons (Fsp3) is 0.208. The highest BCUT2D eigenvalue weighted by Crippen LogP contribution is 2.30. The number of H-pyrrole nitrogens is 1. The molecule has 4 heterocycles. The van der Waals surface area contributed by atoms with Gasteiger partial charge in [0.2, 0.25) is 5.91 Å². The fourth-order valence-electron chi connectivity index (χ4n) is 3.56. The molecule has 0 radical (unpaired) electrons. The van der Waals surface area contributed by atoms with E-state index in [1.54, 1.807) is 24.5 Å². The Kier molecular flexibility index (Phi) is 6.41. The number of hydrogen-bond acceptors (Lipinski definition) is 6. The number of anilines is 1. The minimum Gasteiger partial charge on any atom is -0.345 e. The number of carbonyl (C=O) groups is 1. The van der Waals surface area contributed by atoms with Gasteiger partial charge in [0, 0.05) is 60.3 Å². The summed E-state index contributed by atoms with van der Waals surface area (Å²) in [5, 5.41) is 6.91. The molecule has 4 aromatic rings. The second kappa shape index (κ2) is 9.58. The minimum absolute atomic E-state index is 0.220. The molecule has 4 rings (SSSR count). The number of pyridine rings is 2. The summed E-state index contributed by atoms with van der Waals surface area (Å²) in [5.41, 5.74) is 3.54. The lowest BCUT2D eigenvalue weighted by Gasteiger charge is -2.16. The van der Waals surface area contributed by atoms with Gasteiger partial charge >= 0.3 is 0 Å². The van der Waals surface area contributed by atoms with E-state index in [9.17, 15) is 9.59 Å². The predicted octanol–water partition coefficient (Wildman–Crippen LogP) is 2.97. The summed E-state index contributed by atoms with van der Waals surface area (Å²) in [7, 11) is 0. The molecule has 0 spiro atoms. The molecular weight excluding hydrogens is 418 g/mol. The highest BCUT2D eigenvalue weighted by atomic mass is 16.2. The molecule has 0 aliphatic rings. The summed E-state index contributed by atoms with van der Waals surface area (Å²) in [4.78, 5) is 41.0. The van der Waals surface area contributed by atoms with Gasteiger partial charge in [-0.3, -0.25) is 14.2 Å². The molecule has 168 valence electrons. The van der Waals surface area contributed by atoms with Gasteiger partial charge in [-0.25, -0.2) is 15.0 Å². The van der Waals surface area contributed by atoms with Gasteiger partial charge in [0.1, 0.15) is 17.8 Å². The molecule has 33 heavy (non-hydrogen) atoms. The Hall–Kier alpha value is -4.11. The van der Waals surface area contributed by atoms with Crippen LogP contribution in [-0.2, 0) is 11.3 Å². The molecule has 0 unspecified atom stereocenters. The molecule has 1 amide bonds. The summed E-state index contributed by atoms with van der Waals surface area (Å²) in [6.07, 6.45) is 7.89. The van der Waals surface area contributed by atoms with Crippen LogP contribution in [0, 0.1) is 0 Å². The summed E-state index contributed by atoms with van der Waals surface area (Å²) >= 11 is 0. The van der Waals surface area contributed by atoms with E-state index in [2.05, 4.69) is 37.1 Å². The van der Waals surface area contributed by atoms with Crippen molar-refractivity contribution < 1.29 is 4.79 Å². The van der Waals surface area contributed by atoms with E-state index in [-0.39, 0.29) is 17.5 Å². The molecule has 0 aliphatic heterocycles. The summed E-state index contributed by atoms with van der Waals surface area (Å²) in [6, 6.07) is 7.39. The van der Waals surface area contributed by atoms with Crippen LogP contribution in [0.25, 0.3) is 33.4 Å². The Morgan fingerprint density at radius 1 is 1.24 bits per heavy atom. The zero-order valence-corrected chi connectivity index (χ0v) is 18.5. The summed E-state index contributed by atoms with van der Waals surface area (Å²) < 4.78 is 1.54. The SMILES string of the molecule is C=CC(=O)Nc1cc(-c2cnc3[nH]cc(-c4ccncn4)c3c2)cc(=O)n1CCNC(C)C. The fourth-order valence-corrected chi connectivity index (χ4v) is 3.56. The first-order valence-electron chi connectivity index (χ1n) is 10.6. The van der Waals surface area contributed by atoms with Gasteiger partial charge in [0.05, 0.1) is 5.69 Å². The molecule has 0 fully saturated rings. The van der Waals surface area contributed by atoms with Crippen molar-refractivity contribution in [1.82, 2.24) is 29.8 Å². The highest BCUT2D eigenvalue weighted by Gasteiger charge is 2.13. The summed E-state index contributed by atoms with van der Waals surface area (Å²) in [5.74, 6) is 0.0144. The standard InChI is InChI=1S/C24H25N7O2/c1-4-22(32)30-21-10-16(11-23(33)31(21)8-7-26-15(2)3)17-9-18-19(13-28-24(18)27-12-17)20-5-6-25-14-29-20/h4-6,9-15,26H,1,7-8H2,2-3H3,(H,27,28)(H,30,32). The summed E-state index contributed by atoms with van der Waals surface area (Å²) in [6.45, 7) is 8.58. The van der Waals surface area contributed by atoms with Crippen LogP contribution in [0.1, 0.15) is 13.8 Å². The maximum absolute atomic E-state index is 13.0. The first-order chi connectivity index (χ1) is 16.0. The van der Waals surface area contributed by atoms with Gasteiger partial charge in [0.15, 0.2) is 0 Å². The Balaban J connectivity index is 1.77. The number of amides is 1. The third kappa shape index (κ3) is 4.88. The largest absolute Gasteiger partial charge is 0.345 e. The third-order valence-corrected chi connectivity index (χ3v) is 5.18. The molecule has 9 heteroatoms.